The number of rotatable bonds is 27. The lowest BCUT2D eigenvalue weighted by Gasteiger charge is -2.31. The Bertz CT molecular complexity index is 1630. The summed E-state index contributed by atoms with van der Waals surface area (Å²) in [6.07, 6.45) is 26.1. The van der Waals surface area contributed by atoms with Gasteiger partial charge < -0.3 is 4.74 Å². The number of ether oxygens (including phenoxy) is 1. The van der Waals surface area contributed by atoms with Gasteiger partial charge in [-0.15, -0.1) is 34.0 Å². The van der Waals surface area contributed by atoms with Crippen molar-refractivity contribution in [3.05, 3.63) is 44.1 Å². The van der Waals surface area contributed by atoms with E-state index in [1.165, 1.54) is 128 Å². The van der Waals surface area contributed by atoms with Gasteiger partial charge in [-0.05, 0) is 75.6 Å². The number of thiophene rings is 3. The van der Waals surface area contributed by atoms with Gasteiger partial charge in [0.1, 0.15) is 0 Å². The fourth-order valence-corrected chi connectivity index (χ4v) is 12.7. The van der Waals surface area contributed by atoms with Crippen molar-refractivity contribution in [1.29, 1.82) is 0 Å². The molecule has 0 saturated carbocycles. The molecule has 2 aliphatic rings. The van der Waals surface area contributed by atoms with Gasteiger partial charge in [0.25, 0.3) is 11.8 Å². The minimum Gasteiger partial charge on any atom is -0.378 e. The second-order valence-corrected chi connectivity index (χ2v) is 20.2. The molecule has 2 unspecified atom stereocenters. The van der Waals surface area contributed by atoms with E-state index in [0.29, 0.717) is 29.7 Å². The molecule has 0 spiro atoms. The summed E-state index contributed by atoms with van der Waals surface area (Å²) in [7, 11) is 0. The van der Waals surface area contributed by atoms with Crippen LogP contribution in [0.5, 0.6) is 0 Å². The molecular formula is C47H71NO3S3. The van der Waals surface area contributed by atoms with Crippen molar-refractivity contribution in [2.24, 2.45) is 5.92 Å². The molecule has 300 valence electrons. The van der Waals surface area contributed by atoms with Crippen LogP contribution in [-0.4, -0.2) is 36.0 Å². The summed E-state index contributed by atoms with van der Waals surface area (Å²) in [6, 6.07) is 4.98. The third-order valence-electron chi connectivity index (χ3n) is 12.6. The third-order valence-corrected chi connectivity index (χ3v) is 16.2. The van der Waals surface area contributed by atoms with Crippen molar-refractivity contribution in [3.63, 3.8) is 0 Å². The molecule has 4 nitrogen and oxygen atoms in total. The van der Waals surface area contributed by atoms with Crippen molar-refractivity contribution in [2.75, 3.05) is 13.2 Å². The smallest absolute Gasteiger partial charge is 0.263 e. The quantitative estimate of drug-likeness (QED) is 0.0570. The van der Waals surface area contributed by atoms with Crippen molar-refractivity contribution in [2.45, 2.75) is 195 Å². The molecule has 0 saturated heterocycles. The average molecular weight is 794 g/mol. The summed E-state index contributed by atoms with van der Waals surface area (Å²) in [5.74, 6) is 0.450. The van der Waals surface area contributed by atoms with Crippen LogP contribution in [0.4, 0.5) is 0 Å². The molecule has 3 aromatic heterocycles. The van der Waals surface area contributed by atoms with E-state index < -0.39 is 0 Å². The third kappa shape index (κ3) is 10.0. The number of carbonyl (C=O) groups is 2. The number of hydrogen-bond donors (Lipinski definition) is 0. The van der Waals surface area contributed by atoms with E-state index in [9.17, 15) is 9.59 Å². The van der Waals surface area contributed by atoms with Crippen LogP contribution in [0.3, 0.4) is 0 Å². The fraction of sp³-hybridized carbons (Fsp3) is 0.702. The number of imide groups is 1. The zero-order valence-corrected chi connectivity index (χ0v) is 37.4. The van der Waals surface area contributed by atoms with Crippen LogP contribution in [0, 0.1) is 19.8 Å². The predicted molar refractivity (Wildman–Crippen MR) is 235 cm³/mol. The van der Waals surface area contributed by atoms with Gasteiger partial charge >= 0.3 is 0 Å². The summed E-state index contributed by atoms with van der Waals surface area (Å²) < 4.78 is 6.01. The highest BCUT2D eigenvalue weighted by Crippen LogP contribution is 2.61. The maximum atomic E-state index is 14.1. The van der Waals surface area contributed by atoms with Crippen LogP contribution >= 0.6 is 34.0 Å². The molecule has 2 atom stereocenters. The molecule has 54 heavy (non-hydrogen) atoms. The van der Waals surface area contributed by atoms with Crippen LogP contribution in [-0.2, 0) is 10.2 Å². The first-order chi connectivity index (χ1) is 26.2. The summed E-state index contributed by atoms with van der Waals surface area (Å²) >= 11 is 5.51. The average Bonchev–Trinajstić information content (AvgIpc) is 3.95. The number of aryl methyl sites for hydroxylation is 2. The number of nitrogens with zero attached hydrogens (tertiary/aromatic N) is 1. The number of fused-ring (bicyclic) bond motifs is 4. The molecule has 1 aliphatic carbocycles. The lowest BCUT2D eigenvalue weighted by molar-refractivity contribution is 0.0269. The zero-order chi connectivity index (χ0) is 38.7. The Labute approximate surface area is 340 Å². The monoisotopic (exact) mass is 793 g/mol. The van der Waals surface area contributed by atoms with Gasteiger partial charge in [0.15, 0.2) is 0 Å². The number of hydrogen-bond acceptors (Lipinski definition) is 6. The Morgan fingerprint density at radius 1 is 0.630 bits per heavy atom. The van der Waals surface area contributed by atoms with Gasteiger partial charge in [-0.1, -0.05) is 137 Å². The first-order valence-corrected chi connectivity index (χ1v) is 24.5. The number of carbonyl (C=O) groups excluding carboxylic acids is 2. The normalized spacial score (nSPS) is 15.6. The molecule has 0 bridgehead atoms. The van der Waals surface area contributed by atoms with Gasteiger partial charge in [-0.3, -0.25) is 14.5 Å². The van der Waals surface area contributed by atoms with Gasteiger partial charge in [-0.2, -0.15) is 0 Å². The molecule has 0 radical (unpaired) electrons. The van der Waals surface area contributed by atoms with Crippen LogP contribution < -0.4 is 0 Å². The Morgan fingerprint density at radius 2 is 1.17 bits per heavy atom. The fourth-order valence-electron chi connectivity index (χ4n) is 8.88. The topological polar surface area (TPSA) is 46.6 Å². The van der Waals surface area contributed by atoms with Crippen molar-refractivity contribution in [1.82, 2.24) is 4.90 Å². The van der Waals surface area contributed by atoms with Crippen molar-refractivity contribution >= 4 is 45.8 Å². The molecule has 5 rings (SSSR count). The molecule has 7 heteroatoms. The van der Waals surface area contributed by atoms with E-state index in [2.05, 4.69) is 53.7 Å². The van der Waals surface area contributed by atoms with Gasteiger partial charge in [0.2, 0.25) is 0 Å². The second-order valence-electron chi connectivity index (χ2n) is 16.7. The van der Waals surface area contributed by atoms with E-state index in [-0.39, 0.29) is 17.2 Å². The first kappa shape index (κ1) is 43.3. The molecule has 4 heterocycles. The largest absolute Gasteiger partial charge is 0.378 e. The molecule has 1 aliphatic heterocycles. The summed E-state index contributed by atoms with van der Waals surface area (Å²) in [6.45, 7) is 16.9. The molecule has 0 N–H and O–H groups in total. The maximum Gasteiger partial charge on any atom is 0.263 e. The van der Waals surface area contributed by atoms with Crippen LogP contribution in [0.15, 0.2) is 12.1 Å². The van der Waals surface area contributed by atoms with Crippen LogP contribution in [0.2, 0.25) is 0 Å². The lowest BCUT2D eigenvalue weighted by Crippen LogP contribution is -2.31. The highest BCUT2D eigenvalue weighted by molar-refractivity contribution is 7.27. The SMILES string of the molecule is CCCCCCCCC1(CCCCCCCC)c2cc(C)sc2-c2sc(-c3sc(C)c4c3C(=O)N(CCCCCCCCOC(C)C(C)CC)C4=O)cc21. The highest BCUT2D eigenvalue weighted by atomic mass is 32.1. The van der Waals surface area contributed by atoms with E-state index in [4.69, 9.17) is 4.74 Å². The van der Waals surface area contributed by atoms with Crippen LogP contribution in [0.25, 0.3) is 19.5 Å². The van der Waals surface area contributed by atoms with Crippen molar-refractivity contribution < 1.29 is 14.3 Å². The number of unbranched alkanes of at least 4 members (excludes halogenated alkanes) is 15. The van der Waals surface area contributed by atoms with Gasteiger partial charge in [0.05, 0.1) is 22.1 Å². The Balaban J connectivity index is 1.27. The molecular weight excluding hydrogens is 723 g/mol. The highest BCUT2D eigenvalue weighted by Gasteiger charge is 2.46. The minimum atomic E-state index is -0.0802. The van der Waals surface area contributed by atoms with E-state index in [1.807, 2.05) is 29.6 Å². The minimum absolute atomic E-state index is 0.0557. The summed E-state index contributed by atoms with van der Waals surface area (Å²) in [5.41, 5.74) is 4.48. The van der Waals surface area contributed by atoms with Gasteiger partial charge in [0, 0.05) is 43.0 Å². The van der Waals surface area contributed by atoms with E-state index >= 15 is 0 Å². The summed E-state index contributed by atoms with van der Waals surface area (Å²) in [4.78, 5) is 36.9. The van der Waals surface area contributed by atoms with Crippen LogP contribution in [0.1, 0.15) is 211 Å². The molecule has 0 aromatic carbocycles. The lowest BCUT2D eigenvalue weighted by atomic mass is 9.71. The first-order valence-electron chi connectivity index (χ1n) is 22.1. The standard InChI is InChI=1S/C47H71NO3S3/c1-8-11-13-15-19-23-27-47(28-24-20-16-14-12-9-2)37-31-34(5)52-42(37)43-38(47)32-39(54-43)44-41-40(36(7)53-44)45(49)48(46(41)50)29-25-21-17-18-22-26-30-51-35(6)33(4)10-3/h31-33,35H,8-30H2,1-7H3. The maximum absolute atomic E-state index is 14.1. The van der Waals surface area contributed by atoms with Gasteiger partial charge in [-0.25, -0.2) is 0 Å². The Morgan fingerprint density at radius 3 is 1.80 bits per heavy atom. The van der Waals surface area contributed by atoms with E-state index in [1.54, 1.807) is 21.8 Å². The number of amides is 2. The Hall–Kier alpha value is -1.80. The van der Waals surface area contributed by atoms with E-state index in [0.717, 1.165) is 48.5 Å². The predicted octanol–water partition coefficient (Wildman–Crippen LogP) is 15.3. The Kier molecular flexibility index (Phi) is 16.9. The van der Waals surface area contributed by atoms with Crippen molar-refractivity contribution in [3.8, 4) is 19.5 Å². The summed E-state index contributed by atoms with van der Waals surface area (Å²) in [5, 5.41) is 0. The molecule has 2 amide bonds. The zero-order valence-electron chi connectivity index (χ0n) is 35.0. The molecule has 0 fully saturated rings. The molecule has 3 aromatic rings. The second kappa shape index (κ2) is 21.1.